The number of carbonyl (C=O) groups is 1. The third-order valence-electron chi connectivity index (χ3n) is 4.54. The summed E-state index contributed by atoms with van der Waals surface area (Å²) in [4.78, 5) is 25.6. The molecule has 5 N–H and O–H groups in total. The summed E-state index contributed by atoms with van der Waals surface area (Å²) in [6, 6.07) is 12.1. The molecule has 184 valence electrons. The third-order valence-corrected chi connectivity index (χ3v) is 6.21. The minimum absolute atomic E-state index is 0.0275. The fourth-order valence-corrected chi connectivity index (χ4v) is 3.80. The Morgan fingerprint density at radius 1 is 0.971 bits per heavy atom. The number of halogens is 2. The molecule has 0 aliphatic rings. The molecule has 35 heavy (non-hydrogen) atoms. The van der Waals surface area contributed by atoms with Crippen molar-refractivity contribution < 1.29 is 13.2 Å². The van der Waals surface area contributed by atoms with Gasteiger partial charge in [-0.05, 0) is 62.2 Å². The molecule has 1 aromatic heterocycles. The molecule has 3 aromatic rings. The highest BCUT2D eigenvalue weighted by atomic mass is 35.5. The van der Waals surface area contributed by atoms with Crippen LogP contribution in [0.5, 0.6) is 0 Å². The molecular formula is C22H23Cl2N7O3S. The van der Waals surface area contributed by atoms with Gasteiger partial charge in [-0.1, -0.05) is 35.3 Å². The van der Waals surface area contributed by atoms with E-state index in [1.54, 1.807) is 24.3 Å². The van der Waals surface area contributed by atoms with E-state index >= 15 is 0 Å². The van der Waals surface area contributed by atoms with Gasteiger partial charge in [-0.2, -0.15) is 0 Å². The number of nitrogens with two attached hydrogens (primary N) is 1. The van der Waals surface area contributed by atoms with Crippen molar-refractivity contribution in [3.8, 4) is 0 Å². The summed E-state index contributed by atoms with van der Waals surface area (Å²) >= 11 is 11.9. The first-order valence-electron chi connectivity index (χ1n) is 10.3. The van der Waals surface area contributed by atoms with Gasteiger partial charge >= 0.3 is 6.03 Å². The Balaban J connectivity index is 1.73. The SMILES string of the molecule is Cc1cc(C)nc(NC(=NCCc2ccc(S(N)(=O)=O)cc2)NC(=O)Nc2ccc(Cl)c(Cl)c2)n1. The Bertz CT molecular complexity index is 1340. The topological polar surface area (TPSA) is 151 Å². The summed E-state index contributed by atoms with van der Waals surface area (Å²) in [7, 11) is -3.76. The molecule has 0 saturated carbocycles. The van der Waals surface area contributed by atoms with Crippen molar-refractivity contribution in [3.63, 3.8) is 0 Å². The molecule has 1 heterocycles. The number of hydrogen-bond acceptors (Lipinski definition) is 6. The zero-order chi connectivity index (χ0) is 25.6. The maximum Gasteiger partial charge on any atom is 0.326 e. The number of urea groups is 1. The van der Waals surface area contributed by atoms with Crippen LogP contribution >= 0.6 is 23.2 Å². The number of anilines is 2. The van der Waals surface area contributed by atoms with Crippen LogP contribution in [0.1, 0.15) is 17.0 Å². The van der Waals surface area contributed by atoms with Gasteiger partial charge < -0.3 is 5.32 Å². The summed E-state index contributed by atoms with van der Waals surface area (Å²) in [5.41, 5.74) is 2.77. The highest BCUT2D eigenvalue weighted by Gasteiger charge is 2.11. The lowest BCUT2D eigenvalue weighted by Gasteiger charge is -2.13. The monoisotopic (exact) mass is 535 g/mol. The predicted molar refractivity (Wildman–Crippen MR) is 138 cm³/mol. The number of amides is 2. The van der Waals surface area contributed by atoms with E-state index in [4.69, 9.17) is 28.3 Å². The molecule has 0 radical (unpaired) electrons. The summed E-state index contributed by atoms with van der Waals surface area (Å²) in [6.45, 7) is 3.92. The summed E-state index contributed by atoms with van der Waals surface area (Å²) in [5, 5.41) is 14.0. The van der Waals surface area contributed by atoms with Gasteiger partial charge in [0, 0.05) is 23.6 Å². The first-order valence-corrected chi connectivity index (χ1v) is 12.6. The average molecular weight is 536 g/mol. The van der Waals surface area contributed by atoms with E-state index < -0.39 is 16.1 Å². The molecule has 0 atom stereocenters. The molecule has 2 amide bonds. The lowest BCUT2D eigenvalue weighted by molar-refractivity contribution is 0.256. The smallest absolute Gasteiger partial charge is 0.308 e. The number of aliphatic imine (C=N–C) groups is 1. The first-order chi connectivity index (χ1) is 16.5. The Hall–Kier alpha value is -3.25. The maximum atomic E-state index is 12.6. The largest absolute Gasteiger partial charge is 0.326 e. The van der Waals surface area contributed by atoms with Gasteiger partial charge in [0.25, 0.3) is 0 Å². The van der Waals surface area contributed by atoms with Crippen molar-refractivity contribution >= 4 is 56.9 Å². The lowest BCUT2D eigenvalue weighted by atomic mass is 10.1. The number of carbonyl (C=O) groups excluding carboxylic acids is 1. The van der Waals surface area contributed by atoms with Crippen molar-refractivity contribution in [2.75, 3.05) is 17.2 Å². The van der Waals surface area contributed by atoms with Crippen LogP contribution in [0.2, 0.25) is 10.0 Å². The number of aryl methyl sites for hydroxylation is 2. The second kappa shape index (κ2) is 11.5. The van der Waals surface area contributed by atoms with Crippen LogP contribution in [0.25, 0.3) is 0 Å². The molecule has 3 rings (SSSR count). The number of guanidine groups is 1. The quantitative estimate of drug-likeness (QED) is 0.277. The van der Waals surface area contributed by atoms with E-state index in [2.05, 4.69) is 30.9 Å². The fraction of sp³-hybridized carbons (Fsp3) is 0.182. The fourth-order valence-electron chi connectivity index (χ4n) is 2.98. The summed E-state index contributed by atoms with van der Waals surface area (Å²) < 4.78 is 22.8. The van der Waals surface area contributed by atoms with Gasteiger partial charge in [-0.3, -0.25) is 15.6 Å². The molecule has 0 saturated heterocycles. The van der Waals surface area contributed by atoms with E-state index in [9.17, 15) is 13.2 Å². The van der Waals surface area contributed by atoms with E-state index in [0.717, 1.165) is 17.0 Å². The number of aromatic nitrogens is 2. The van der Waals surface area contributed by atoms with Gasteiger partial charge in [0.05, 0.1) is 14.9 Å². The molecule has 0 bridgehead atoms. The predicted octanol–water partition coefficient (Wildman–Crippen LogP) is 3.88. The van der Waals surface area contributed by atoms with E-state index in [1.165, 1.54) is 18.2 Å². The highest BCUT2D eigenvalue weighted by molar-refractivity contribution is 7.89. The molecular weight excluding hydrogens is 513 g/mol. The standard InChI is InChI=1S/C22H23Cl2N7O3S/c1-13-11-14(2)28-21(27-13)30-20(31-22(32)29-16-5-8-18(23)19(24)12-16)26-10-9-15-3-6-17(7-4-15)35(25,33)34/h3-8,11-12H,9-10H2,1-2H3,(H2,25,33,34)(H3,26,27,28,29,30,31,32). The molecule has 0 fully saturated rings. The highest BCUT2D eigenvalue weighted by Crippen LogP contribution is 2.24. The molecule has 0 aliphatic heterocycles. The minimum atomic E-state index is -3.76. The van der Waals surface area contributed by atoms with Gasteiger partial charge in [-0.15, -0.1) is 0 Å². The number of sulfonamides is 1. The maximum absolute atomic E-state index is 12.6. The zero-order valence-corrected chi connectivity index (χ0v) is 21.2. The van der Waals surface area contributed by atoms with Crippen LogP contribution < -0.4 is 21.1 Å². The normalized spacial score (nSPS) is 11.7. The van der Waals surface area contributed by atoms with Crippen LogP contribution in [-0.2, 0) is 16.4 Å². The second-order valence-corrected chi connectivity index (χ2v) is 9.85. The van der Waals surface area contributed by atoms with Crippen molar-refractivity contribution in [1.82, 2.24) is 15.3 Å². The number of benzene rings is 2. The van der Waals surface area contributed by atoms with Crippen LogP contribution in [0.4, 0.5) is 16.4 Å². The van der Waals surface area contributed by atoms with E-state index in [0.29, 0.717) is 22.2 Å². The number of rotatable bonds is 6. The summed E-state index contributed by atoms with van der Waals surface area (Å²) in [6.07, 6.45) is 0.472. The Morgan fingerprint density at radius 3 is 2.23 bits per heavy atom. The van der Waals surface area contributed by atoms with Crippen LogP contribution in [0.15, 0.2) is 58.4 Å². The number of hydrogen-bond donors (Lipinski definition) is 4. The van der Waals surface area contributed by atoms with Crippen LogP contribution in [0.3, 0.4) is 0 Å². The molecule has 13 heteroatoms. The van der Waals surface area contributed by atoms with Crippen molar-refractivity contribution in [1.29, 1.82) is 0 Å². The van der Waals surface area contributed by atoms with Crippen LogP contribution in [0, 0.1) is 13.8 Å². The lowest BCUT2D eigenvalue weighted by Crippen LogP contribution is -2.39. The second-order valence-electron chi connectivity index (χ2n) is 7.48. The number of nitrogens with one attached hydrogen (secondary N) is 3. The Labute approximate surface area is 213 Å². The first kappa shape index (κ1) is 26.4. The minimum Gasteiger partial charge on any atom is -0.308 e. The Morgan fingerprint density at radius 2 is 1.63 bits per heavy atom. The zero-order valence-electron chi connectivity index (χ0n) is 18.8. The van der Waals surface area contributed by atoms with Crippen LogP contribution in [-0.4, -0.2) is 36.9 Å². The molecule has 0 unspecified atom stereocenters. The summed E-state index contributed by atoms with van der Waals surface area (Å²) in [5.74, 6) is 0.391. The van der Waals surface area contributed by atoms with Crippen molar-refractivity contribution in [3.05, 3.63) is 75.5 Å². The number of nitrogens with zero attached hydrogens (tertiary/aromatic N) is 3. The molecule has 0 spiro atoms. The van der Waals surface area contributed by atoms with Gasteiger partial charge in [0.1, 0.15) is 0 Å². The van der Waals surface area contributed by atoms with E-state index in [-0.39, 0.29) is 23.3 Å². The van der Waals surface area contributed by atoms with Gasteiger partial charge in [0.15, 0.2) is 0 Å². The Kier molecular flexibility index (Phi) is 8.62. The van der Waals surface area contributed by atoms with Crippen molar-refractivity contribution in [2.45, 2.75) is 25.2 Å². The molecule has 10 nitrogen and oxygen atoms in total. The van der Waals surface area contributed by atoms with E-state index in [1.807, 2.05) is 19.9 Å². The molecule has 2 aromatic carbocycles. The van der Waals surface area contributed by atoms with Gasteiger partial charge in [-0.25, -0.2) is 28.3 Å². The van der Waals surface area contributed by atoms with Gasteiger partial charge in [0.2, 0.25) is 21.9 Å². The number of primary sulfonamides is 1. The average Bonchev–Trinajstić information content (AvgIpc) is 2.75. The molecule has 0 aliphatic carbocycles. The van der Waals surface area contributed by atoms with Crippen molar-refractivity contribution in [2.24, 2.45) is 10.1 Å². The third kappa shape index (κ3) is 8.18.